The Morgan fingerprint density at radius 1 is 0.900 bits per heavy atom. The minimum Gasteiger partial charge on any atom is -0.497 e. The van der Waals surface area contributed by atoms with Crippen molar-refractivity contribution in [1.82, 2.24) is 5.32 Å². The van der Waals surface area contributed by atoms with Crippen molar-refractivity contribution in [3.8, 4) is 11.5 Å². The van der Waals surface area contributed by atoms with Crippen LogP contribution in [-0.4, -0.2) is 25.5 Å². The molecular formula is C24H24N2O4. The Bertz CT molecular complexity index is 988. The number of hydrogen-bond donors (Lipinski definition) is 2. The topological polar surface area (TPSA) is 76.7 Å². The molecule has 0 aromatic heterocycles. The van der Waals surface area contributed by atoms with Gasteiger partial charge in [-0.15, -0.1) is 0 Å². The molecule has 0 saturated carbocycles. The Balaban J connectivity index is 1.55. The van der Waals surface area contributed by atoms with Gasteiger partial charge in [-0.3, -0.25) is 9.59 Å². The maximum absolute atomic E-state index is 12.6. The zero-order valence-electron chi connectivity index (χ0n) is 16.9. The number of rotatable bonds is 8. The third-order valence-electron chi connectivity index (χ3n) is 4.49. The van der Waals surface area contributed by atoms with Crippen LogP contribution >= 0.6 is 0 Å². The highest BCUT2D eigenvalue weighted by Crippen LogP contribution is 2.18. The first-order valence-electron chi connectivity index (χ1n) is 9.58. The average molecular weight is 404 g/mol. The van der Waals surface area contributed by atoms with E-state index in [1.165, 1.54) is 0 Å². The maximum atomic E-state index is 12.6. The van der Waals surface area contributed by atoms with Crippen molar-refractivity contribution in [1.29, 1.82) is 0 Å². The van der Waals surface area contributed by atoms with E-state index in [0.29, 0.717) is 22.7 Å². The zero-order valence-corrected chi connectivity index (χ0v) is 16.9. The van der Waals surface area contributed by atoms with E-state index >= 15 is 0 Å². The summed E-state index contributed by atoms with van der Waals surface area (Å²) in [6.07, 6.45) is 0. The summed E-state index contributed by atoms with van der Waals surface area (Å²) in [5, 5.41) is 5.71. The van der Waals surface area contributed by atoms with Gasteiger partial charge in [0, 0.05) is 11.3 Å². The summed E-state index contributed by atoms with van der Waals surface area (Å²) in [4.78, 5) is 24.8. The molecule has 0 aliphatic rings. The van der Waals surface area contributed by atoms with Crippen LogP contribution in [0.2, 0.25) is 0 Å². The Labute approximate surface area is 175 Å². The normalized spacial score (nSPS) is 11.3. The summed E-state index contributed by atoms with van der Waals surface area (Å²) in [6.45, 7) is 1.78. The van der Waals surface area contributed by atoms with Crippen molar-refractivity contribution in [3.63, 3.8) is 0 Å². The quantitative estimate of drug-likeness (QED) is 0.590. The molecule has 3 aromatic rings. The molecule has 0 radical (unpaired) electrons. The first kappa shape index (κ1) is 20.9. The highest BCUT2D eigenvalue weighted by molar-refractivity contribution is 5.97. The van der Waals surface area contributed by atoms with Crippen molar-refractivity contribution < 1.29 is 19.1 Å². The predicted molar refractivity (Wildman–Crippen MR) is 116 cm³/mol. The molecule has 0 aliphatic heterocycles. The molecule has 0 heterocycles. The molecule has 30 heavy (non-hydrogen) atoms. The van der Waals surface area contributed by atoms with Crippen molar-refractivity contribution in [2.24, 2.45) is 0 Å². The molecule has 0 saturated heterocycles. The summed E-state index contributed by atoms with van der Waals surface area (Å²) in [5.41, 5.74) is 2.01. The number of nitrogens with one attached hydrogen (secondary N) is 2. The van der Waals surface area contributed by atoms with Crippen LogP contribution < -0.4 is 20.1 Å². The van der Waals surface area contributed by atoms with Crippen LogP contribution in [0.3, 0.4) is 0 Å². The van der Waals surface area contributed by atoms with E-state index in [4.69, 9.17) is 9.47 Å². The fourth-order valence-corrected chi connectivity index (χ4v) is 2.86. The summed E-state index contributed by atoms with van der Waals surface area (Å²) in [6, 6.07) is 23.4. The lowest BCUT2D eigenvalue weighted by molar-refractivity contribution is -0.118. The molecule has 0 fully saturated rings. The van der Waals surface area contributed by atoms with Gasteiger partial charge in [0.05, 0.1) is 13.2 Å². The van der Waals surface area contributed by atoms with E-state index < -0.39 is 0 Å². The molecule has 6 nitrogen and oxygen atoms in total. The van der Waals surface area contributed by atoms with Crippen LogP contribution in [0.5, 0.6) is 11.5 Å². The molecule has 0 spiro atoms. The first-order valence-corrected chi connectivity index (χ1v) is 9.58. The highest BCUT2D eigenvalue weighted by Gasteiger charge is 2.12. The predicted octanol–water partition coefficient (Wildman–Crippen LogP) is 4.20. The van der Waals surface area contributed by atoms with Crippen LogP contribution in [0.1, 0.15) is 28.9 Å². The van der Waals surface area contributed by atoms with Gasteiger partial charge in [0.15, 0.2) is 6.61 Å². The summed E-state index contributed by atoms with van der Waals surface area (Å²) >= 11 is 0. The summed E-state index contributed by atoms with van der Waals surface area (Å²) in [7, 11) is 1.58. The van der Waals surface area contributed by atoms with Gasteiger partial charge < -0.3 is 20.1 Å². The first-order chi connectivity index (χ1) is 14.5. The zero-order chi connectivity index (χ0) is 21.3. The average Bonchev–Trinajstić information content (AvgIpc) is 2.78. The molecule has 3 rings (SSSR count). The number of ether oxygens (including phenoxy) is 2. The lowest BCUT2D eigenvalue weighted by Crippen LogP contribution is -2.27. The molecular weight excluding hydrogens is 380 g/mol. The molecule has 3 aromatic carbocycles. The van der Waals surface area contributed by atoms with Crippen molar-refractivity contribution in [3.05, 3.63) is 90.0 Å². The molecule has 6 heteroatoms. The fraction of sp³-hybridized carbons (Fsp3) is 0.167. The third kappa shape index (κ3) is 5.85. The van der Waals surface area contributed by atoms with Crippen LogP contribution in [0.4, 0.5) is 5.69 Å². The Hall–Kier alpha value is -3.80. The number of methoxy groups -OCH3 is 1. The van der Waals surface area contributed by atoms with E-state index in [1.54, 1.807) is 55.6 Å². The molecule has 0 aliphatic carbocycles. The monoisotopic (exact) mass is 404 g/mol. The molecule has 154 valence electrons. The van der Waals surface area contributed by atoms with Gasteiger partial charge in [0.25, 0.3) is 11.8 Å². The second-order valence-corrected chi connectivity index (χ2v) is 6.70. The molecule has 2 amide bonds. The van der Waals surface area contributed by atoms with E-state index in [0.717, 1.165) is 5.56 Å². The van der Waals surface area contributed by atoms with E-state index in [2.05, 4.69) is 10.6 Å². The fourth-order valence-electron chi connectivity index (χ4n) is 2.86. The van der Waals surface area contributed by atoms with Crippen molar-refractivity contribution >= 4 is 17.5 Å². The van der Waals surface area contributed by atoms with Gasteiger partial charge in [-0.2, -0.15) is 0 Å². The molecule has 2 N–H and O–H groups in total. The number of amides is 2. The number of carbonyl (C=O) groups is 2. The minimum absolute atomic E-state index is 0.130. The van der Waals surface area contributed by atoms with Gasteiger partial charge in [0.1, 0.15) is 11.5 Å². The Kier molecular flexibility index (Phi) is 7.05. The lowest BCUT2D eigenvalue weighted by Gasteiger charge is -2.15. The summed E-state index contributed by atoms with van der Waals surface area (Å²) < 4.78 is 10.6. The van der Waals surface area contributed by atoms with Gasteiger partial charge in [-0.05, 0) is 55.0 Å². The van der Waals surface area contributed by atoms with Crippen LogP contribution in [0, 0.1) is 0 Å². The standard InChI is InChI=1S/C24H24N2O4/c1-17(18-7-4-3-5-8-18)25-24(28)19-9-6-10-20(15-19)26-23(27)16-30-22-13-11-21(29-2)12-14-22/h3-15,17H,16H2,1-2H3,(H,25,28)(H,26,27). The molecule has 0 bridgehead atoms. The second kappa shape index (κ2) is 10.1. The third-order valence-corrected chi connectivity index (χ3v) is 4.49. The van der Waals surface area contributed by atoms with Gasteiger partial charge in [0.2, 0.25) is 0 Å². The Morgan fingerprint density at radius 3 is 2.30 bits per heavy atom. The van der Waals surface area contributed by atoms with Crippen LogP contribution in [-0.2, 0) is 4.79 Å². The van der Waals surface area contributed by atoms with Crippen molar-refractivity contribution in [2.45, 2.75) is 13.0 Å². The van der Waals surface area contributed by atoms with Gasteiger partial charge >= 0.3 is 0 Å². The maximum Gasteiger partial charge on any atom is 0.262 e. The largest absolute Gasteiger partial charge is 0.497 e. The Morgan fingerprint density at radius 2 is 1.60 bits per heavy atom. The number of anilines is 1. The van der Waals surface area contributed by atoms with Crippen LogP contribution in [0.25, 0.3) is 0 Å². The SMILES string of the molecule is COc1ccc(OCC(=O)Nc2cccc(C(=O)NC(C)c3ccccc3)c2)cc1. The van der Waals surface area contributed by atoms with Gasteiger partial charge in [-0.25, -0.2) is 0 Å². The van der Waals surface area contributed by atoms with E-state index in [-0.39, 0.29) is 24.5 Å². The smallest absolute Gasteiger partial charge is 0.262 e. The van der Waals surface area contributed by atoms with Crippen LogP contribution in [0.15, 0.2) is 78.9 Å². The van der Waals surface area contributed by atoms with E-state index in [1.807, 2.05) is 37.3 Å². The molecule has 1 unspecified atom stereocenters. The lowest BCUT2D eigenvalue weighted by atomic mass is 10.1. The minimum atomic E-state index is -0.318. The van der Waals surface area contributed by atoms with E-state index in [9.17, 15) is 9.59 Å². The van der Waals surface area contributed by atoms with Gasteiger partial charge in [-0.1, -0.05) is 36.4 Å². The van der Waals surface area contributed by atoms with Crippen molar-refractivity contribution in [2.75, 3.05) is 19.0 Å². The number of benzene rings is 3. The molecule has 1 atom stereocenters. The highest BCUT2D eigenvalue weighted by atomic mass is 16.5. The second-order valence-electron chi connectivity index (χ2n) is 6.70. The number of carbonyl (C=O) groups excluding carboxylic acids is 2. The number of hydrogen-bond acceptors (Lipinski definition) is 4. The summed E-state index contributed by atoms with van der Waals surface area (Å²) in [5.74, 6) is 0.746.